The Morgan fingerprint density at radius 3 is 3.10 bits per heavy atom. The number of hydrogen-bond donors (Lipinski definition) is 1. The topological polar surface area (TPSA) is 73.4 Å². The third-order valence-electron chi connectivity index (χ3n) is 3.76. The standard InChI is InChI=1S/C14H24N4O2/c1-11-13(9-16-18(11)7-4-6-15)14(19)17(2)10-12-5-3-8-20-12/h9,12H,3-8,10,15H2,1-2H3. The van der Waals surface area contributed by atoms with Crippen molar-refractivity contribution in [2.75, 3.05) is 26.7 Å². The van der Waals surface area contributed by atoms with Crippen LogP contribution in [0.2, 0.25) is 0 Å². The fourth-order valence-corrected chi connectivity index (χ4v) is 2.51. The second-order valence-electron chi connectivity index (χ2n) is 5.33. The second-order valence-corrected chi connectivity index (χ2v) is 5.33. The van der Waals surface area contributed by atoms with E-state index in [1.54, 1.807) is 11.1 Å². The summed E-state index contributed by atoms with van der Waals surface area (Å²) in [5.74, 6) is 0.0111. The summed E-state index contributed by atoms with van der Waals surface area (Å²) in [6.07, 6.45) is 4.81. The average Bonchev–Trinajstić information content (AvgIpc) is 3.06. The first-order valence-corrected chi connectivity index (χ1v) is 7.23. The van der Waals surface area contributed by atoms with Crippen molar-refractivity contribution in [3.8, 4) is 0 Å². The van der Waals surface area contributed by atoms with Crippen molar-refractivity contribution >= 4 is 5.91 Å². The van der Waals surface area contributed by atoms with E-state index in [1.165, 1.54) is 0 Å². The lowest BCUT2D eigenvalue weighted by Gasteiger charge is -2.20. The number of hydrogen-bond acceptors (Lipinski definition) is 4. The minimum atomic E-state index is 0.0111. The van der Waals surface area contributed by atoms with Crippen LogP contribution >= 0.6 is 0 Å². The van der Waals surface area contributed by atoms with Gasteiger partial charge in [0.25, 0.3) is 5.91 Å². The number of nitrogens with zero attached hydrogens (tertiary/aromatic N) is 3. The van der Waals surface area contributed by atoms with E-state index in [-0.39, 0.29) is 12.0 Å². The zero-order valence-corrected chi connectivity index (χ0v) is 12.3. The monoisotopic (exact) mass is 280 g/mol. The van der Waals surface area contributed by atoms with Gasteiger partial charge in [0.15, 0.2) is 0 Å². The molecule has 0 radical (unpaired) electrons. The maximum absolute atomic E-state index is 12.4. The Morgan fingerprint density at radius 1 is 1.65 bits per heavy atom. The molecule has 1 aromatic rings. The molecule has 1 atom stereocenters. The molecule has 20 heavy (non-hydrogen) atoms. The summed E-state index contributed by atoms with van der Waals surface area (Å²) in [7, 11) is 1.82. The third kappa shape index (κ3) is 3.37. The molecule has 2 rings (SSSR count). The van der Waals surface area contributed by atoms with Gasteiger partial charge in [-0.25, -0.2) is 0 Å². The highest BCUT2D eigenvalue weighted by atomic mass is 16.5. The molecule has 6 heteroatoms. The highest BCUT2D eigenvalue weighted by Gasteiger charge is 2.23. The van der Waals surface area contributed by atoms with E-state index >= 15 is 0 Å². The highest BCUT2D eigenvalue weighted by molar-refractivity contribution is 5.94. The first kappa shape index (κ1) is 15.0. The van der Waals surface area contributed by atoms with Gasteiger partial charge in [-0.3, -0.25) is 9.48 Å². The van der Waals surface area contributed by atoms with Gasteiger partial charge in [0.1, 0.15) is 0 Å². The van der Waals surface area contributed by atoms with Crippen LogP contribution in [0.5, 0.6) is 0 Å². The lowest BCUT2D eigenvalue weighted by atomic mass is 10.2. The maximum atomic E-state index is 12.4. The summed E-state index contributed by atoms with van der Waals surface area (Å²) in [5, 5.41) is 4.27. The van der Waals surface area contributed by atoms with Crippen molar-refractivity contribution in [3.63, 3.8) is 0 Å². The minimum absolute atomic E-state index is 0.0111. The Balaban J connectivity index is 1.98. The predicted octanol–water partition coefficient (Wildman–Crippen LogP) is 0.791. The van der Waals surface area contributed by atoms with E-state index in [1.807, 2.05) is 18.7 Å². The number of aromatic nitrogens is 2. The first-order chi connectivity index (χ1) is 9.63. The molecule has 0 saturated carbocycles. The van der Waals surface area contributed by atoms with Gasteiger partial charge in [0.05, 0.1) is 17.9 Å². The highest BCUT2D eigenvalue weighted by Crippen LogP contribution is 2.15. The smallest absolute Gasteiger partial charge is 0.257 e. The van der Waals surface area contributed by atoms with Crippen molar-refractivity contribution in [1.82, 2.24) is 14.7 Å². The number of carbonyl (C=O) groups is 1. The maximum Gasteiger partial charge on any atom is 0.257 e. The van der Waals surface area contributed by atoms with Crippen LogP contribution in [0, 0.1) is 6.92 Å². The Hall–Kier alpha value is -1.40. The minimum Gasteiger partial charge on any atom is -0.376 e. The van der Waals surface area contributed by atoms with E-state index in [4.69, 9.17) is 10.5 Å². The zero-order valence-electron chi connectivity index (χ0n) is 12.3. The Kier molecular flexibility index (Phi) is 5.14. The van der Waals surface area contributed by atoms with Crippen LogP contribution in [0.25, 0.3) is 0 Å². The van der Waals surface area contributed by atoms with Gasteiger partial charge in [-0.1, -0.05) is 0 Å². The molecule has 1 aromatic heterocycles. The summed E-state index contributed by atoms with van der Waals surface area (Å²) in [6, 6.07) is 0. The van der Waals surface area contributed by atoms with Crippen molar-refractivity contribution in [3.05, 3.63) is 17.5 Å². The third-order valence-corrected chi connectivity index (χ3v) is 3.76. The fourth-order valence-electron chi connectivity index (χ4n) is 2.51. The van der Waals surface area contributed by atoms with Crippen LogP contribution in [0.15, 0.2) is 6.20 Å². The summed E-state index contributed by atoms with van der Waals surface area (Å²) in [5.41, 5.74) is 7.08. The summed E-state index contributed by atoms with van der Waals surface area (Å²) < 4.78 is 7.42. The Bertz CT molecular complexity index is 452. The van der Waals surface area contributed by atoms with Gasteiger partial charge >= 0.3 is 0 Å². The molecule has 1 fully saturated rings. The molecule has 6 nitrogen and oxygen atoms in total. The van der Waals surface area contributed by atoms with Gasteiger partial charge < -0.3 is 15.4 Å². The SMILES string of the molecule is Cc1c(C(=O)N(C)CC2CCCO2)cnn1CCCN. The summed E-state index contributed by atoms with van der Waals surface area (Å²) in [4.78, 5) is 14.2. The number of likely N-dealkylation sites (N-methyl/N-ethyl adjacent to an activating group) is 1. The quantitative estimate of drug-likeness (QED) is 0.836. The van der Waals surface area contributed by atoms with Gasteiger partial charge in [0.2, 0.25) is 0 Å². The van der Waals surface area contributed by atoms with E-state index in [2.05, 4.69) is 5.10 Å². The normalized spacial score (nSPS) is 18.4. The van der Waals surface area contributed by atoms with E-state index in [9.17, 15) is 4.79 Å². The van der Waals surface area contributed by atoms with Crippen molar-refractivity contribution < 1.29 is 9.53 Å². The Morgan fingerprint density at radius 2 is 2.45 bits per heavy atom. The van der Waals surface area contributed by atoms with Crippen LogP contribution in [0.3, 0.4) is 0 Å². The van der Waals surface area contributed by atoms with E-state index < -0.39 is 0 Å². The number of aryl methyl sites for hydroxylation is 1. The van der Waals surface area contributed by atoms with Crippen molar-refractivity contribution in [2.24, 2.45) is 5.73 Å². The molecule has 2 heterocycles. The second kappa shape index (κ2) is 6.85. The van der Waals surface area contributed by atoms with Gasteiger partial charge in [0, 0.05) is 32.4 Å². The van der Waals surface area contributed by atoms with Crippen molar-refractivity contribution in [2.45, 2.75) is 38.8 Å². The lowest BCUT2D eigenvalue weighted by molar-refractivity contribution is 0.0586. The summed E-state index contributed by atoms with van der Waals surface area (Å²) in [6.45, 7) is 4.76. The van der Waals surface area contributed by atoms with Crippen LogP contribution in [0.4, 0.5) is 0 Å². The molecule has 1 aliphatic rings. The largest absolute Gasteiger partial charge is 0.376 e. The molecule has 1 amide bonds. The van der Waals surface area contributed by atoms with Crippen LogP contribution in [-0.2, 0) is 11.3 Å². The summed E-state index contributed by atoms with van der Waals surface area (Å²) >= 11 is 0. The molecule has 0 spiro atoms. The molecular weight excluding hydrogens is 256 g/mol. The molecule has 1 saturated heterocycles. The van der Waals surface area contributed by atoms with Crippen LogP contribution in [0.1, 0.15) is 35.3 Å². The lowest BCUT2D eigenvalue weighted by Crippen LogP contribution is -2.34. The fraction of sp³-hybridized carbons (Fsp3) is 0.714. The number of ether oxygens (including phenoxy) is 1. The van der Waals surface area contributed by atoms with Gasteiger partial charge in [-0.2, -0.15) is 5.10 Å². The molecule has 1 unspecified atom stereocenters. The van der Waals surface area contributed by atoms with Gasteiger partial charge in [-0.15, -0.1) is 0 Å². The number of rotatable bonds is 6. The van der Waals surface area contributed by atoms with E-state index in [0.29, 0.717) is 18.7 Å². The Labute approximate surface area is 119 Å². The molecular formula is C14H24N4O2. The molecule has 2 N–H and O–H groups in total. The molecule has 0 aliphatic carbocycles. The predicted molar refractivity (Wildman–Crippen MR) is 76.6 cm³/mol. The van der Waals surface area contributed by atoms with Gasteiger partial charge in [-0.05, 0) is 32.7 Å². The zero-order chi connectivity index (χ0) is 14.5. The first-order valence-electron chi connectivity index (χ1n) is 7.23. The molecule has 1 aliphatic heterocycles. The van der Waals surface area contributed by atoms with E-state index in [0.717, 1.165) is 38.1 Å². The van der Waals surface area contributed by atoms with Crippen LogP contribution in [-0.4, -0.2) is 53.4 Å². The van der Waals surface area contributed by atoms with Crippen LogP contribution < -0.4 is 5.73 Å². The number of amides is 1. The molecule has 112 valence electrons. The average molecular weight is 280 g/mol. The number of nitrogens with two attached hydrogens (primary N) is 1. The molecule has 0 aromatic carbocycles. The number of carbonyl (C=O) groups excluding carboxylic acids is 1. The van der Waals surface area contributed by atoms with Crippen molar-refractivity contribution in [1.29, 1.82) is 0 Å². The molecule has 0 bridgehead atoms.